The molecule has 1 aromatic carbocycles. The maximum atomic E-state index is 12.1. The first-order chi connectivity index (χ1) is 9.13. The molecule has 0 spiro atoms. The van der Waals surface area contributed by atoms with E-state index in [4.69, 9.17) is 5.11 Å². The van der Waals surface area contributed by atoms with Gasteiger partial charge in [-0.2, -0.15) is 0 Å². The molecule has 0 aliphatic carbocycles. The highest BCUT2D eigenvalue weighted by Gasteiger charge is 2.16. The summed E-state index contributed by atoms with van der Waals surface area (Å²) in [4.78, 5) is 13.6. The van der Waals surface area contributed by atoms with Crippen LogP contribution < -0.4 is 0 Å². The lowest BCUT2D eigenvalue weighted by Crippen LogP contribution is -2.37. The standard InChI is InChI=1S/C12H15N5O2/c1-9(7-18)16(2)12(19)10-3-5-11(6-4-10)17-8-13-14-15-17/h3-6,8-9,18H,7H2,1-2H3. The third-order valence-electron chi connectivity index (χ3n) is 2.97. The van der Waals surface area contributed by atoms with E-state index in [0.29, 0.717) is 5.56 Å². The van der Waals surface area contributed by atoms with Gasteiger partial charge >= 0.3 is 0 Å². The third kappa shape index (κ3) is 2.76. The molecule has 19 heavy (non-hydrogen) atoms. The molecule has 0 saturated heterocycles. The average molecular weight is 261 g/mol. The summed E-state index contributed by atoms with van der Waals surface area (Å²) in [7, 11) is 1.67. The average Bonchev–Trinajstić information content (AvgIpc) is 2.99. The molecule has 100 valence electrons. The van der Waals surface area contributed by atoms with E-state index in [9.17, 15) is 4.79 Å². The molecular weight excluding hydrogens is 246 g/mol. The molecule has 1 N–H and O–H groups in total. The fourth-order valence-corrected chi connectivity index (χ4v) is 1.56. The van der Waals surface area contributed by atoms with E-state index < -0.39 is 0 Å². The van der Waals surface area contributed by atoms with Crippen molar-refractivity contribution in [1.29, 1.82) is 0 Å². The number of aliphatic hydroxyl groups excluding tert-OH is 1. The Hall–Kier alpha value is -2.28. The molecule has 0 radical (unpaired) electrons. The fraction of sp³-hybridized carbons (Fsp3) is 0.333. The minimum Gasteiger partial charge on any atom is -0.394 e. The van der Waals surface area contributed by atoms with E-state index >= 15 is 0 Å². The summed E-state index contributed by atoms with van der Waals surface area (Å²) in [5.74, 6) is -0.134. The summed E-state index contributed by atoms with van der Waals surface area (Å²) in [6.45, 7) is 1.72. The molecule has 1 aromatic heterocycles. The summed E-state index contributed by atoms with van der Waals surface area (Å²) in [5.41, 5.74) is 1.33. The van der Waals surface area contributed by atoms with Crippen molar-refractivity contribution in [2.45, 2.75) is 13.0 Å². The Bertz CT molecular complexity index is 538. The van der Waals surface area contributed by atoms with E-state index in [1.165, 1.54) is 15.9 Å². The number of aromatic nitrogens is 4. The van der Waals surface area contributed by atoms with Crippen molar-refractivity contribution in [1.82, 2.24) is 25.1 Å². The molecule has 0 saturated carbocycles. The lowest BCUT2D eigenvalue weighted by Gasteiger charge is -2.23. The third-order valence-corrected chi connectivity index (χ3v) is 2.97. The van der Waals surface area contributed by atoms with Gasteiger partial charge in [0, 0.05) is 12.6 Å². The first-order valence-corrected chi connectivity index (χ1v) is 5.85. The van der Waals surface area contributed by atoms with Crippen molar-refractivity contribution in [3.63, 3.8) is 0 Å². The molecule has 1 heterocycles. The van der Waals surface area contributed by atoms with Crippen LogP contribution in [-0.2, 0) is 0 Å². The molecule has 1 atom stereocenters. The maximum Gasteiger partial charge on any atom is 0.253 e. The van der Waals surface area contributed by atoms with E-state index in [2.05, 4.69) is 15.5 Å². The number of likely N-dealkylation sites (N-methyl/N-ethyl adjacent to an activating group) is 1. The molecule has 1 amide bonds. The zero-order valence-electron chi connectivity index (χ0n) is 10.8. The number of carbonyl (C=O) groups is 1. The number of rotatable bonds is 4. The molecule has 0 bridgehead atoms. The number of hydrogen-bond donors (Lipinski definition) is 1. The van der Waals surface area contributed by atoms with Gasteiger partial charge in [-0.05, 0) is 41.6 Å². The van der Waals surface area contributed by atoms with Gasteiger partial charge in [0.2, 0.25) is 0 Å². The van der Waals surface area contributed by atoms with Crippen molar-refractivity contribution < 1.29 is 9.90 Å². The normalized spacial score (nSPS) is 12.2. The predicted octanol–water partition coefficient (Wildman–Crippen LogP) is 0.115. The molecule has 0 aliphatic rings. The summed E-state index contributed by atoms with van der Waals surface area (Å²) in [6, 6.07) is 6.73. The van der Waals surface area contributed by atoms with Crippen LogP contribution in [0.3, 0.4) is 0 Å². The van der Waals surface area contributed by atoms with Gasteiger partial charge in [-0.15, -0.1) is 5.10 Å². The smallest absolute Gasteiger partial charge is 0.253 e. The van der Waals surface area contributed by atoms with Gasteiger partial charge in [-0.1, -0.05) is 0 Å². The molecule has 7 nitrogen and oxygen atoms in total. The first-order valence-electron chi connectivity index (χ1n) is 5.85. The Balaban J connectivity index is 2.17. The van der Waals surface area contributed by atoms with Crippen LogP contribution in [0.1, 0.15) is 17.3 Å². The zero-order valence-corrected chi connectivity index (χ0v) is 10.8. The number of aliphatic hydroxyl groups is 1. The molecule has 0 fully saturated rings. The fourth-order valence-electron chi connectivity index (χ4n) is 1.56. The second-order valence-corrected chi connectivity index (χ2v) is 4.25. The highest BCUT2D eigenvalue weighted by atomic mass is 16.3. The Kier molecular flexibility index (Phi) is 3.86. The van der Waals surface area contributed by atoms with Crippen LogP contribution in [0.15, 0.2) is 30.6 Å². The van der Waals surface area contributed by atoms with Crippen LogP contribution in [-0.4, -0.2) is 55.8 Å². The van der Waals surface area contributed by atoms with Gasteiger partial charge in [-0.3, -0.25) is 4.79 Å². The minimum absolute atomic E-state index is 0.0645. The predicted molar refractivity (Wildman–Crippen MR) is 67.8 cm³/mol. The summed E-state index contributed by atoms with van der Waals surface area (Å²) < 4.78 is 1.51. The van der Waals surface area contributed by atoms with Crippen molar-refractivity contribution in [3.05, 3.63) is 36.2 Å². The van der Waals surface area contributed by atoms with Crippen LogP contribution >= 0.6 is 0 Å². The second kappa shape index (κ2) is 5.57. The number of hydrogen-bond acceptors (Lipinski definition) is 5. The van der Waals surface area contributed by atoms with Gasteiger partial charge in [0.1, 0.15) is 6.33 Å². The number of amides is 1. The van der Waals surface area contributed by atoms with E-state index in [1.54, 1.807) is 38.2 Å². The van der Waals surface area contributed by atoms with E-state index in [0.717, 1.165) is 5.69 Å². The number of benzene rings is 1. The quantitative estimate of drug-likeness (QED) is 0.844. The van der Waals surface area contributed by atoms with Gasteiger partial charge in [0.25, 0.3) is 5.91 Å². The van der Waals surface area contributed by atoms with Crippen LogP contribution in [0.2, 0.25) is 0 Å². The second-order valence-electron chi connectivity index (χ2n) is 4.25. The largest absolute Gasteiger partial charge is 0.394 e. The van der Waals surface area contributed by atoms with Gasteiger partial charge in [-0.25, -0.2) is 4.68 Å². The molecular formula is C12H15N5O2. The van der Waals surface area contributed by atoms with Gasteiger partial charge in [0.05, 0.1) is 18.3 Å². The first kappa shape index (κ1) is 13.2. The maximum absolute atomic E-state index is 12.1. The van der Waals surface area contributed by atoms with Gasteiger partial charge < -0.3 is 10.0 Å². The van der Waals surface area contributed by atoms with Crippen molar-refractivity contribution in [2.75, 3.05) is 13.7 Å². The Morgan fingerprint density at radius 2 is 2.11 bits per heavy atom. The summed E-state index contributed by atoms with van der Waals surface area (Å²) in [5, 5.41) is 19.9. The van der Waals surface area contributed by atoms with E-state index in [-0.39, 0.29) is 18.6 Å². The number of carbonyl (C=O) groups excluding carboxylic acids is 1. The van der Waals surface area contributed by atoms with Crippen molar-refractivity contribution >= 4 is 5.91 Å². The lowest BCUT2D eigenvalue weighted by molar-refractivity contribution is 0.0682. The molecule has 7 heteroatoms. The van der Waals surface area contributed by atoms with Crippen molar-refractivity contribution in [3.8, 4) is 5.69 Å². The minimum atomic E-state index is -0.216. The topological polar surface area (TPSA) is 84.1 Å². The molecule has 2 rings (SSSR count). The number of tetrazole rings is 1. The van der Waals surface area contributed by atoms with Gasteiger partial charge in [0.15, 0.2) is 0 Å². The molecule has 1 unspecified atom stereocenters. The highest BCUT2D eigenvalue weighted by molar-refractivity contribution is 5.94. The van der Waals surface area contributed by atoms with Crippen molar-refractivity contribution in [2.24, 2.45) is 0 Å². The molecule has 0 aliphatic heterocycles. The Morgan fingerprint density at radius 1 is 1.42 bits per heavy atom. The van der Waals surface area contributed by atoms with Crippen LogP contribution in [0, 0.1) is 0 Å². The highest BCUT2D eigenvalue weighted by Crippen LogP contribution is 2.10. The monoisotopic (exact) mass is 261 g/mol. The molecule has 2 aromatic rings. The Labute approximate surface area is 110 Å². The number of nitrogens with zero attached hydrogens (tertiary/aromatic N) is 5. The summed E-state index contributed by atoms with van der Waals surface area (Å²) >= 11 is 0. The van der Waals surface area contributed by atoms with Crippen LogP contribution in [0.25, 0.3) is 5.69 Å². The summed E-state index contributed by atoms with van der Waals surface area (Å²) in [6.07, 6.45) is 1.48. The Morgan fingerprint density at radius 3 is 2.63 bits per heavy atom. The zero-order chi connectivity index (χ0) is 13.8. The van der Waals surface area contributed by atoms with Crippen LogP contribution in [0.4, 0.5) is 0 Å². The lowest BCUT2D eigenvalue weighted by atomic mass is 10.1. The SMILES string of the molecule is CC(CO)N(C)C(=O)c1ccc(-n2cnnn2)cc1. The van der Waals surface area contributed by atoms with E-state index in [1.807, 2.05) is 0 Å². The van der Waals surface area contributed by atoms with Crippen LogP contribution in [0.5, 0.6) is 0 Å².